The van der Waals surface area contributed by atoms with Gasteiger partial charge >= 0.3 is 6.18 Å². The number of alkyl halides is 3. The highest BCUT2D eigenvalue weighted by Gasteiger charge is 2.45. The molecular formula is C15H17F3N2O. The van der Waals surface area contributed by atoms with Crippen molar-refractivity contribution in [1.29, 1.82) is 0 Å². The average molecular weight is 298 g/mol. The SMILES string of the molecule is CC1C2CNCC2CN1C(=O)c1ccccc1C(F)(F)F. The molecule has 0 spiro atoms. The molecule has 3 atom stereocenters. The zero-order chi connectivity index (χ0) is 15.2. The van der Waals surface area contributed by atoms with Gasteiger partial charge in [-0.1, -0.05) is 12.1 Å². The van der Waals surface area contributed by atoms with Crippen LogP contribution in [0, 0.1) is 11.8 Å². The molecule has 21 heavy (non-hydrogen) atoms. The van der Waals surface area contributed by atoms with Crippen molar-refractivity contribution in [2.45, 2.75) is 19.1 Å². The summed E-state index contributed by atoms with van der Waals surface area (Å²) in [5.74, 6) is 0.179. The van der Waals surface area contributed by atoms with Crippen molar-refractivity contribution in [3.63, 3.8) is 0 Å². The number of rotatable bonds is 1. The second kappa shape index (κ2) is 5.02. The molecule has 3 rings (SSSR count). The van der Waals surface area contributed by atoms with Gasteiger partial charge < -0.3 is 10.2 Å². The van der Waals surface area contributed by atoms with E-state index in [9.17, 15) is 18.0 Å². The van der Waals surface area contributed by atoms with E-state index >= 15 is 0 Å². The number of fused-ring (bicyclic) bond motifs is 1. The highest BCUT2D eigenvalue weighted by molar-refractivity contribution is 5.96. The molecular weight excluding hydrogens is 281 g/mol. The zero-order valence-corrected chi connectivity index (χ0v) is 11.7. The van der Waals surface area contributed by atoms with E-state index < -0.39 is 17.6 Å². The number of nitrogens with one attached hydrogen (secondary N) is 1. The highest BCUT2D eigenvalue weighted by Crippen LogP contribution is 2.36. The van der Waals surface area contributed by atoms with E-state index in [1.54, 1.807) is 4.90 Å². The Kier molecular flexibility index (Phi) is 3.43. The minimum Gasteiger partial charge on any atom is -0.335 e. The van der Waals surface area contributed by atoms with Crippen molar-refractivity contribution < 1.29 is 18.0 Å². The zero-order valence-electron chi connectivity index (χ0n) is 11.7. The fourth-order valence-corrected chi connectivity index (χ4v) is 3.51. The highest BCUT2D eigenvalue weighted by atomic mass is 19.4. The summed E-state index contributed by atoms with van der Waals surface area (Å²) < 4.78 is 39.1. The number of hydrogen-bond donors (Lipinski definition) is 1. The summed E-state index contributed by atoms with van der Waals surface area (Å²) in [4.78, 5) is 14.2. The fraction of sp³-hybridized carbons (Fsp3) is 0.533. The molecule has 3 unspecified atom stereocenters. The Morgan fingerprint density at radius 1 is 1.29 bits per heavy atom. The first-order valence-corrected chi connectivity index (χ1v) is 7.07. The van der Waals surface area contributed by atoms with Gasteiger partial charge in [0, 0.05) is 25.7 Å². The van der Waals surface area contributed by atoms with Crippen molar-refractivity contribution in [3.05, 3.63) is 35.4 Å². The first-order valence-electron chi connectivity index (χ1n) is 7.07. The molecule has 2 aliphatic rings. The van der Waals surface area contributed by atoms with E-state index in [4.69, 9.17) is 0 Å². The number of amides is 1. The van der Waals surface area contributed by atoms with E-state index in [1.165, 1.54) is 18.2 Å². The first-order chi connectivity index (χ1) is 9.89. The Bertz CT molecular complexity index is 558. The lowest BCUT2D eigenvalue weighted by molar-refractivity contribution is -0.138. The maximum absolute atomic E-state index is 13.0. The number of halogens is 3. The molecule has 1 amide bonds. The lowest BCUT2D eigenvalue weighted by Crippen LogP contribution is -2.38. The third-order valence-electron chi connectivity index (χ3n) is 4.66. The van der Waals surface area contributed by atoms with E-state index in [2.05, 4.69) is 5.32 Å². The fourth-order valence-electron chi connectivity index (χ4n) is 3.51. The Labute approximate surface area is 121 Å². The number of hydrogen-bond acceptors (Lipinski definition) is 2. The van der Waals surface area contributed by atoms with Gasteiger partial charge in [0.25, 0.3) is 5.91 Å². The third kappa shape index (κ3) is 2.41. The van der Waals surface area contributed by atoms with Crippen molar-refractivity contribution in [3.8, 4) is 0 Å². The smallest absolute Gasteiger partial charge is 0.335 e. The molecule has 2 saturated heterocycles. The maximum Gasteiger partial charge on any atom is 0.417 e. The largest absolute Gasteiger partial charge is 0.417 e. The van der Waals surface area contributed by atoms with Crippen LogP contribution in [-0.2, 0) is 6.18 Å². The van der Waals surface area contributed by atoms with E-state index in [-0.39, 0.29) is 11.6 Å². The van der Waals surface area contributed by atoms with Crippen LogP contribution >= 0.6 is 0 Å². The lowest BCUT2D eigenvalue weighted by atomic mass is 9.95. The van der Waals surface area contributed by atoms with Crippen molar-refractivity contribution >= 4 is 5.91 Å². The van der Waals surface area contributed by atoms with Gasteiger partial charge in [-0.15, -0.1) is 0 Å². The molecule has 2 heterocycles. The number of benzene rings is 1. The standard InChI is InChI=1S/C15H17F3N2O/c1-9-12-7-19-6-10(12)8-20(9)14(21)11-4-2-3-5-13(11)15(16,17)18/h2-5,9-10,12,19H,6-8H2,1H3. The topological polar surface area (TPSA) is 32.3 Å². The van der Waals surface area contributed by atoms with Crippen LogP contribution in [0.25, 0.3) is 0 Å². The van der Waals surface area contributed by atoms with Crippen LogP contribution in [0.5, 0.6) is 0 Å². The lowest BCUT2D eigenvalue weighted by Gasteiger charge is -2.25. The van der Waals surface area contributed by atoms with E-state index in [0.29, 0.717) is 18.4 Å². The molecule has 2 fully saturated rings. The molecule has 3 nitrogen and oxygen atoms in total. The Morgan fingerprint density at radius 3 is 2.67 bits per heavy atom. The van der Waals surface area contributed by atoms with Crippen LogP contribution in [0.1, 0.15) is 22.8 Å². The van der Waals surface area contributed by atoms with Crippen LogP contribution in [0.4, 0.5) is 13.2 Å². The molecule has 6 heteroatoms. The van der Waals surface area contributed by atoms with Gasteiger partial charge in [0.05, 0.1) is 11.1 Å². The van der Waals surface area contributed by atoms with E-state index in [1.807, 2.05) is 6.92 Å². The number of carbonyl (C=O) groups is 1. The monoisotopic (exact) mass is 298 g/mol. The van der Waals surface area contributed by atoms with Crippen LogP contribution in [0.3, 0.4) is 0 Å². The average Bonchev–Trinajstić information content (AvgIpc) is 3.01. The second-order valence-electron chi connectivity index (χ2n) is 5.82. The molecule has 0 aromatic heterocycles. The van der Waals surface area contributed by atoms with Gasteiger partial charge in [0.1, 0.15) is 0 Å². The van der Waals surface area contributed by atoms with Crippen molar-refractivity contribution in [1.82, 2.24) is 10.2 Å². The quantitative estimate of drug-likeness (QED) is 0.863. The van der Waals surface area contributed by atoms with Gasteiger partial charge in [-0.25, -0.2) is 0 Å². The summed E-state index contributed by atoms with van der Waals surface area (Å²) in [6.45, 7) is 4.12. The van der Waals surface area contributed by atoms with Crippen LogP contribution < -0.4 is 5.32 Å². The normalized spacial score (nSPS) is 28.8. The van der Waals surface area contributed by atoms with Gasteiger partial charge in [-0.05, 0) is 30.9 Å². The molecule has 0 bridgehead atoms. The van der Waals surface area contributed by atoms with Gasteiger partial charge in [0.2, 0.25) is 0 Å². The molecule has 0 saturated carbocycles. The second-order valence-corrected chi connectivity index (χ2v) is 5.82. The summed E-state index contributed by atoms with van der Waals surface area (Å²) in [6, 6.07) is 5.00. The van der Waals surface area contributed by atoms with Crippen molar-refractivity contribution in [2.75, 3.05) is 19.6 Å². The van der Waals surface area contributed by atoms with Crippen LogP contribution in [0.2, 0.25) is 0 Å². The van der Waals surface area contributed by atoms with Gasteiger partial charge in [-0.3, -0.25) is 4.79 Å². The summed E-state index contributed by atoms with van der Waals surface area (Å²) in [5, 5.41) is 3.27. The predicted octanol–water partition coefficient (Wildman–Crippen LogP) is 2.39. The molecule has 1 aromatic carbocycles. The minimum atomic E-state index is -4.51. The summed E-state index contributed by atoms with van der Waals surface area (Å²) >= 11 is 0. The summed E-state index contributed by atoms with van der Waals surface area (Å²) in [7, 11) is 0. The number of likely N-dealkylation sites (tertiary alicyclic amines) is 1. The van der Waals surface area contributed by atoms with Crippen LogP contribution in [0.15, 0.2) is 24.3 Å². The van der Waals surface area contributed by atoms with E-state index in [0.717, 1.165) is 19.2 Å². The summed E-state index contributed by atoms with van der Waals surface area (Å²) in [5.41, 5.74) is -1.10. The minimum absolute atomic E-state index is 0.0289. The van der Waals surface area contributed by atoms with Crippen molar-refractivity contribution in [2.24, 2.45) is 11.8 Å². The van der Waals surface area contributed by atoms with Gasteiger partial charge in [0.15, 0.2) is 0 Å². The number of nitrogens with zero attached hydrogens (tertiary/aromatic N) is 1. The number of carbonyl (C=O) groups excluding carboxylic acids is 1. The molecule has 114 valence electrons. The molecule has 1 aromatic rings. The molecule has 0 radical (unpaired) electrons. The Balaban J connectivity index is 1.90. The summed E-state index contributed by atoms with van der Waals surface area (Å²) in [6.07, 6.45) is -4.51. The Hall–Kier alpha value is -1.56. The third-order valence-corrected chi connectivity index (χ3v) is 4.66. The first kappa shape index (κ1) is 14.4. The molecule has 1 N–H and O–H groups in total. The Morgan fingerprint density at radius 2 is 2.00 bits per heavy atom. The van der Waals surface area contributed by atoms with Gasteiger partial charge in [-0.2, -0.15) is 13.2 Å². The maximum atomic E-state index is 13.0. The van der Waals surface area contributed by atoms with Crippen LogP contribution in [-0.4, -0.2) is 36.5 Å². The predicted molar refractivity (Wildman–Crippen MR) is 71.8 cm³/mol. The molecule has 2 aliphatic heterocycles. The molecule has 0 aliphatic carbocycles.